The van der Waals surface area contributed by atoms with E-state index in [2.05, 4.69) is 0 Å². The van der Waals surface area contributed by atoms with E-state index < -0.39 is 6.04 Å². The fourth-order valence-corrected chi connectivity index (χ4v) is 2.42. The maximum Gasteiger partial charge on any atom is 0.181 e. The minimum Gasteiger partial charge on any atom is -0.395 e. The van der Waals surface area contributed by atoms with Crippen molar-refractivity contribution in [2.75, 3.05) is 33.4 Å². The zero-order valence-electron chi connectivity index (χ0n) is 11.6. The largest absolute Gasteiger partial charge is 0.395 e. The third-order valence-corrected chi connectivity index (χ3v) is 3.64. The summed E-state index contributed by atoms with van der Waals surface area (Å²) in [5.74, 6) is -0.101. The van der Waals surface area contributed by atoms with Crippen molar-refractivity contribution < 1.29 is 14.6 Å². The van der Waals surface area contributed by atoms with Crippen LogP contribution in [0.2, 0.25) is 10.0 Å². The van der Waals surface area contributed by atoms with Crippen LogP contribution >= 0.6 is 23.2 Å². The maximum absolute atomic E-state index is 12.5. The quantitative estimate of drug-likeness (QED) is 0.748. The molecule has 0 saturated carbocycles. The number of nitrogens with zero attached hydrogens (tertiary/aromatic N) is 1. The van der Waals surface area contributed by atoms with E-state index in [-0.39, 0.29) is 12.4 Å². The van der Waals surface area contributed by atoms with Crippen LogP contribution in [0.5, 0.6) is 0 Å². The van der Waals surface area contributed by atoms with Crippen LogP contribution in [0.3, 0.4) is 0 Å². The molecule has 0 bridgehead atoms. The Hall–Kier alpha value is -0.650. The van der Waals surface area contributed by atoms with Crippen molar-refractivity contribution in [2.45, 2.75) is 13.0 Å². The predicted molar refractivity (Wildman–Crippen MR) is 80.8 cm³/mol. The molecule has 1 rings (SSSR count). The van der Waals surface area contributed by atoms with Crippen molar-refractivity contribution in [3.05, 3.63) is 33.8 Å². The third-order valence-electron chi connectivity index (χ3n) is 3.09. The average Bonchev–Trinajstić information content (AvgIpc) is 2.42. The lowest BCUT2D eigenvalue weighted by atomic mass is 10.0. The first kappa shape index (κ1) is 17.4. The molecule has 112 valence electrons. The zero-order chi connectivity index (χ0) is 15.1. The van der Waals surface area contributed by atoms with Crippen molar-refractivity contribution in [3.8, 4) is 0 Å². The molecular formula is C14H19Cl2NO3. The summed E-state index contributed by atoms with van der Waals surface area (Å²) >= 11 is 11.9. The summed E-state index contributed by atoms with van der Waals surface area (Å²) in [7, 11) is 1.60. The normalized spacial score (nSPS) is 12.7. The molecule has 0 saturated heterocycles. The average molecular weight is 320 g/mol. The highest BCUT2D eigenvalue weighted by Gasteiger charge is 2.23. The smallest absolute Gasteiger partial charge is 0.181 e. The summed E-state index contributed by atoms with van der Waals surface area (Å²) < 4.78 is 5.02. The van der Waals surface area contributed by atoms with Crippen LogP contribution in [0.25, 0.3) is 0 Å². The first-order valence-electron chi connectivity index (χ1n) is 6.34. The number of aliphatic hydroxyl groups excluding tert-OH is 1. The fourth-order valence-electron chi connectivity index (χ4n) is 1.92. The molecule has 1 unspecified atom stereocenters. The second kappa shape index (κ2) is 8.60. The molecule has 0 aliphatic heterocycles. The number of Topliss-reactive ketones (excluding diaryl/α,β-unsaturated/α-hetero) is 1. The number of ether oxygens (including phenoxy) is 1. The Kier molecular flexibility index (Phi) is 7.48. The van der Waals surface area contributed by atoms with Gasteiger partial charge in [0, 0.05) is 30.8 Å². The van der Waals surface area contributed by atoms with Gasteiger partial charge < -0.3 is 9.84 Å². The van der Waals surface area contributed by atoms with Crippen molar-refractivity contribution >= 4 is 29.0 Å². The summed E-state index contributed by atoms with van der Waals surface area (Å²) in [6.45, 7) is 3.23. The van der Waals surface area contributed by atoms with E-state index in [1.165, 1.54) is 0 Å². The van der Waals surface area contributed by atoms with E-state index >= 15 is 0 Å². The molecule has 1 atom stereocenters. The number of hydrogen-bond donors (Lipinski definition) is 1. The number of hydrogen-bond acceptors (Lipinski definition) is 4. The SMILES string of the molecule is COCCN(CCO)C(C)C(=O)c1ccc(Cl)cc1Cl. The molecule has 0 aliphatic rings. The van der Waals surface area contributed by atoms with E-state index in [0.717, 1.165) is 0 Å². The van der Waals surface area contributed by atoms with E-state index in [1.54, 1.807) is 32.2 Å². The Bertz CT molecular complexity index is 454. The summed E-state index contributed by atoms with van der Waals surface area (Å²) in [5.41, 5.74) is 0.434. The van der Waals surface area contributed by atoms with Gasteiger partial charge in [-0.2, -0.15) is 0 Å². The minimum absolute atomic E-state index is 0.0182. The number of carbonyl (C=O) groups excluding carboxylic acids is 1. The lowest BCUT2D eigenvalue weighted by molar-refractivity contribution is 0.0730. The van der Waals surface area contributed by atoms with Gasteiger partial charge in [0.1, 0.15) is 0 Å². The number of methoxy groups -OCH3 is 1. The lowest BCUT2D eigenvalue weighted by Gasteiger charge is -2.27. The second-order valence-electron chi connectivity index (χ2n) is 4.42. The number of benzene rings is 1. The molecule has 20 heavy (non-hydrogen) atoms. The molecule has 0 aromatic heterocycles. The first-order chi connectivity index (χ1) is 9.51. The van der Waals surface area contributed by atoms with Crippen LogP contribution in [0, 0.1) is 0 Å². The van der Waals surface area contributed by atoms with Gasteiger partial charge >= 0.3 is 0 Å². The van der Waals surface area contributed by atoms with Crippen molar-refractivity contribution in [1.82, 2.24) is 4.90 Å². The van der Waals surface area contributed by atoms with Crippen LogP contribution in [0.1, 0.15) is 17.3 Å². The van der Waals surface area contributed by atoms with Gasteiger partial charge in [0.05, 0.1) is 24.3 Å². The van der Waals surface area contributed by atoms with Gasteiger partial charge in [0.2, 0.25) is 0 Å². The highest BCUT2D eigenvalue weighted by Crippen LogP contribution is 2.23. The van der Waals surface area contributed by atoms with Gasteiger partial charge in [-0.25, -0.2) is 0 Å². The molecule has 4 nitrogen and oxygen atoms in total. The number of aliphatic hydroxyl groups is 1. The van der Waals surface area contributed by atoms with Gasteiger partial charge in [0.25, 0.3) is 0 Å². The number of halogens is 2. The number of ketones is 1. The van der Waals surface area contributed by atoms with Gasteiger partial charge in [-0.15, -0.1) is 0 Å². The van der Waals surface area contributed by atoms with Gasteiger partial charge in [-0.1, -0.05) is 23.2 Å². The summed E-state index contributed by atoms with van der Waals surface area (Å²) in [6, 6.07) is 4.42. The van der Waals surface area contributed by atoms with Gasteiger partial charge in [0.15, 0.2) is 5.78 Å². The lowest BCUT2D eigenvalue weighted by Crippen LogP contribution is -2.42. The molecular weight excluding hydrogens is 301 g/mol. The molecule has 0 amide bonds. The highest BCUT2D eigenvalue weighted by molar-refractivity contribution is 6.37. The van der Waals surface area contributed by atoms with Crippen LogP contribution in [0.4, 0.5) is 0 Å². The van der Waals surface area contributed by atoms with E-state index in [0.29, 0.717) is 35.3 Å². The monoisotopic (exact) mass is 319 g/mol. The second-order valence-corrected chi connectivity index (χ2v) is 5.26. The van der Waals surface area contributed by atoms with Crippen molar-refractivity contribution in [1.29, 1.82) is 0 Å². The maximum atomic E-state index is 12.5. The molecule has 0 radical (unpaired) electrons. The van der Waals surface area contributed by atoms with E-state index in [4.69, 9.17) is 33.0 Å². The molecule has 0 heterocycles. The molecule has 1 aromatic rings. The highest BCUT2D eigenvalue weighted by atomic mass is 35.5. The van der Waals surface area contributed by atoms with Gasteiger partial charge in [-0.05, 0) is 25.1 Å². The zero-order valence-corrected chi connectivity index (χ0v) is 13.1. The van der Waals surface area contributed by atoms with E-state index in [9.17, 15) is 4.79 Å². The standard InChI is InChI=1S/C14H19Cl2NO3/c1-10(17(5-7-18)6-8-20-2)14(19)12-4-3-11(15)9-13(12)16/h3-4,9-10,18H,5-8H2,1-2H3. The molecule has 6 heteroatoms. The number of carbonyl (C=O) groups is 1. The summed E-state index contributed by atoms with van der Waals surface area (Å²) in [4.78, 5) is 14.3. The van der Waals surface area contributed by atoms with Gasteiger partial charge in [-0.3, -0.25) is 9.69 Å². The molecule has 1 aromatic carbocycles. The van der Waals surface area contributed by atoms with Crippen molar-refractivity contribution in [2.24, 2.45) is 0 Å². The fraction of sp³-hybridized carbons (Fsp3) is 0.500. The molecule has 0 aliphatic carbocycles. The molecule has 1 N–H and O–H groups in total. The third kappa shape index (κ3) is 4.72. The molecule has 0 fully saturated rings. The Balaban J connectivity index is 2.86. The van der Waals surface area contributed by atoms with E-state index in [1.807, 2.05) is 4.90 Å². The van der Waals surface area contributed by atoms with Crippen LogP contribution in [-0.4, -0.2) is 55.2 Å². The Labute approximate surface area is 129 Å². The van der Waals surface area contributed by atoms with Crippen LogP contribution in [0.15, 0.2) is 18.2 Å². The first-order valence-corrected chi connectivity index (χ1v) is 7.10. The Morgan fingerprint density at radius 2 is 2.10 bits per heavy atom. The Morgan fingerprint density at radius 1 is 1.40 bits per heavy atom. The van der Waals surface area contributed by atoms with Crippen molar-refractivity contribution in [3.63, 3.8) is 0 Å². The molecule has 0 spiro atoms. The van der Waals surface area contributed by atoms with Crippen LogP contribution in [-0.2, 0) is 4.74 Å². The minimum atomic E-state index is -0.393. The summed E-state index contributed by atoms with van der Waals surface area (Å²) in [5, 5.41) is 9.92. The topological polar surface area (TPSA) is 49.8 Å². The predicted octanol–water partition coefficient (Wildman–Crippen LogP) is 2.51. The van der Waals surface area contributed by atoms with Crippen LogP contribution < -0.4 is 0 Å². The summed E-state index contributed by atoms with van der Waals surface area (Å²) in [6.07, 6.45) is 0. The Morgan fingerprint density at radius 3 is 2.65 bits per heavy atom. The number of rotatable bonds is 8.